The van der Waals surface area contributed by atoms with Crippen molar-refractivity contribution >= 4 is 5.97 Å². The average Bonchev–Trinajstić information content (AvgIpc) is 2.50. The van der Waals surface area contributed by atoms with Gasteiger partial charge in [0.05, 0.1) is 6.42 Å². The molecule has 2 unspecified atom stereocenters. The zero-order valence-corrected chi connectivity index (χ0v) is 10.5. The molecule has 0 bridgehead atoms. The Bertz CT molecular complexity index is 259. The highest BCUT2D eigenvalue weighted by atomic mass is 19.3. The predicted octanol–water partition coefficient (Wildman–Crippen LogP) is 2.50. The molecular weight excluding hydrogens is 228 g/mol. The highest BCUT2D eigenvalue weighted by Gasteiger charge is 2.50. The Balaban J connectivity index is 2.17. The van der Waals surface area contributed by atoms with E-state index in [1.807, 2.05) is 6.92 Å². The standard InChI is InChI=1S/C12H21F2NO2/c1-3-4-5-6-9(2)15-8-10-7-12(13,14)11(16)17-10/h9-10,15H,3-8H2,1-2H3. The highest BCUT2D eigenvalue weighted by molar-refractivity contribution is 5.79. The second-order valence-electron chi connectivity index (χ2n) is 4.74. The first-order valence-corrected chi connectivity index (χ1v) is 6.28. The van der Waals surface area contributed by atoms with Gasteiger partial charge in [-0.1, -0.05) is 26.2 Å². The van der Waals surface area contributed by atoms with Crippen LogP contribution in [0.5, 0.6) is 0 Å². The largest absolute Gasteiger partial charge is 0.456 e. The summed E-state index contributed by atoms with van der Waals surface area (Å²) in [5, 5.41) is 3.13. The van der Waals surface area contributed by atoms with Crippen molar-refractivity contribution in [1.29, 1.82) is 0 Å². The zero-order valence-electron chi connectivity index (χ0n) is 10.5. The van der Waals surface area contributed by atoms with Gasteiger partial charge in [-0.15, -0.1) is 0 Å². The highest BCUT2D eigenvalue weighted by Crippen LogP contribution is 2.30. The van der Waals surface area contributed by atoms with Crippen molar-refractivity contribution in [3.05, 3.63) is 0 Å². The van der Waals surface area contributed by atoms with Gasteiger partial charge in [-0.3, -0.25) is 0 Å². The van der Waals surface area contributed by atoms with Crippen molar-refractivity contribution < 1.29 is 18.3 Å². The summed E-state index contributed by atoms with van der Waals surface area (Å²) in [6.45, 7) is 4.47. The molecule has 0 spiro atoms. The second-order valence-corrected chi connectivity index (χ2v) is 4.74. The van der Waals surface area contributed by atoms with Crippen LogP contribution in [0.25, 0.3) is 0 Å². The monoisotopic (exact) mass is 249 g/mol. The van der Waals surface area contributed by atoms with Gasteiger partial charge in [-0.05, 0) is 13.3 Å². The third kappa shape index (κ3) is 4.58. The quantitative estimate of drug-likeness (QED) is 0.556. The fraction of sp³-hybridized carbons (Fsp3) is 0.917. The summed E-state index contributed by atoms with van der Waals surface area (Å²) in [7, 11) is 0. The number of nitrogens with one attached hydrogen (secondary N) is 1. The molecule has 1 heterocycles. The van der Waals surface area contributed by atoms with Crippen LogP contribution in [0.1, 0.15) is 46.0 Å². The van der Waals surface area contributed by atoms with Gasteiger partial charge < -0.3 is 10.1 Å². The Hall–Kier alpha value is -0.710. The third-order valence-corrected chi connectivity index (χ3v) is 2.99. The number of alkyl halides is 2. The van der Waals surface area contributed by atoms with E-state index in [9.17, 15) is 13.6 Å². The van der Waals surface area contributed by atoms with E-state index in [1.54, 1.807) is 0 Å². The summed E-state index contributed by atoms with van der Waals surface area (Å²) in [4.78, 5) is 10.8. The minimum Gasteiger partial charge on any atom is -0.456 e. The molecule has 0 saturated carbocycles. The fourth-order valence-corrected chi connectivity index (χ4v) is 1.90. The van der Waals surface area contributed by atoms with Crippen molar-refractivity contribution in [2.24, 2.45) is 0 Å². The van der Waals surface area contributed by atoms with Crippen molar-refractivity contribution in [1.82, 2.24) is 5.32 Å². The van der Waals surface area contributed by atoms with Crippen LogP contribution in [0.15, 0.2) is 0 Å². The summed E-state index contributed by atoms with van der Waals surface area (Å²) < 4.78 is 30.3. The van der Waals surface area contributed by atoms with Gasteiger partial charge in [0.25, 0.3) is 0 Å². The van der Waals surface area contributed by atoms with Crippen molar-refractivity contribution in [2.45, 2.75) is 64.0 Å². The molecule has 1 aliphatic heterocycles. The number of cyclic esters (lactones) is 1. The van der Waals surface area contributed by atoms with E-state index in [4.69, 9.17) is 0 Å². The van der Waals surface area contributed by atoms with Crippen LogP contribution in [0.4, 0.5) is 8.78 Å². The zero-order chi connectivity index (χ0) is 12.9. The van der Waals surface area contributed by atoms with E-state index in [-0.39, 0.29) is 6.04 Å². The Morgan fingerprint density at radius 2 is 2.24 bits per heavy atom. The minimum atomic E-state index is -3.29. The van der Waals surface area contributed by atoms with Crippen LogP contribution in [0.2, 0.25) is 0 Å². The summed E-state index contributed by atoms with van der Waals surface area (Å²) in [6, 6.07) is 0.273. The number of halogens is 2. The lowest BCUT2D eigenvalue weighted by Crippen LogP contribution is -2.33. The molecule has 2 atom stereocenters. The van der Waals surface area contributed by atoms with E-state index in [2.05, 4.69) is 17.0 Å². The molecule has 0 aromatic carbocycles. The van der Waals surface area contributed by atoms with Gasteiger partial charge in [-0.25, -0.2) is 4.79 Å². The molecular formula is C12H21F2NO2. The first-order chi connectivity index (χ1) is 7.95. The van der Waals surface area contributed by atoms with Crippen LogP contribution in [-0.2, 0) is 9.53 Å². The Kier molecular flexibility index (Phi) is 5.31. The van der Waals surface area contributed by atoms with Crippen LogP contribution in [0.3, 0.4) is 0 Å². The van der Waals surface area contributed by atoms with E-state index in [0.29, 0.717) is 6.54 Å². The van der Waals surface area contributed by atoms with Crippen LogP contribution in [-0.4, -0.2) is 30.6 Å². The van der Waals surface area contributed by atoms with E-state index in [0.717, 1.165) is 12.8 Å². The molecule has 1 N–H and O–H groups in total. The SMILES string of the molecule is CCCCCC(C)NCC1CC(F)(F)C(=O)O1. The maximum atomic E-state index is 12.9. The van der Waals surface area contributed by atoms with Crippen molar-refractivity contribution in [3.8, 4) is 0 Å². The summed E-state index contributed by atoms with van der Waals surface area (Å²) in [6.07, 6.45) is 3.31. The van der Waals surface area contributed by atoms with E-state index in [1.165, 1.54) is 12.8 Å². The lowest BCUT2D eigenvalue weighted by atomic mass is 10.1. The predicted molar refractivity (Wildman–Crippen MR) is 61.1 cm³/mol. The molecule has 1 saturated heterocycles. The number of esters is 1. The molecule has 1 aliphatic rings. The van der Waals surface area contributed by atoms with Gasteiger partial charge >= 0.3 is 11.9 Å². The molecule has 17 heavy (non-hydrogen) atoms. The number of ether oxygens (including phenoxy) is 1. The number of unbranched alkanes of at least 4 members (excludes halogenated alkanes) is 2. The number of hydrogen-bond acceptors (Lipinski definition) is 3. The third-order valence-electron chi connectivity index (χ3n) is 2.99. The molecule has 0 radical (unpaired) electrons. The summed E-state index contributed by atoms with van der Waals surface area (Å²) in [5.41, 5.74) is 0. The molecule has 1 fully saturated rings. The average molecular weight is 249 g/mol. The van der Waals surface area contributed by atoms with E-state index < -0.39 is 24.4 Å². The van der Waals surface area contributed by atoms with Crippen LogP contribution < -0.4 is 5.32 Å². The lowest BCUT2D eigenvalue weighted by Gasteiger charge is -2.16. The molecule has 1 rings (SSSR count). The van der Waals surface area contributed by atoms with Gasteiger partial charge in [0.15, 0.2) is 0 Å². The molecule has 0 amide bonds. The smallest absolute Gasteiger partial charge is 0.377 e. The van der Waals surface area contributed by atoms with Gasteiger partial charge in [0.1, 0.15) is 6.10 Å². The van der Waals surface area contributed by atoms with Crippen LogP contribution >= 0.6 is 0 Å². The summed E-state index contributed by atoms with van der Waals surface area (Å²) in [5.74, 6) is -4.68. The fourth-order valence-electron chi connectivity index (χ4n) is 1.90. The molecule has 0 aliphatic carbocycles. The first kappa shape index (κ1) is 14.4. The Morgan fingerprint density at radius 1 is 1.53 bits per heavy atom. The van der Waals surface area contributed by atoms with Gasteiger partial charge in [0, 0.05) is 12.6 Å². The Labute approximate surface area is 101 Å². The molecule has 0 aromatic heterocycles. The van der Waals surface area contributed by atoms with E-state index >= 15 is 0 Å². The topological polar surface area (TPSA) is 38.3 Å². The van der Waals surface area contributed by atoms with Crippen molar-refractivity contribution in [2.75, 3.05) is 6.54 Å². The maximum absolute atomic E-state index is 12.9. The van der Waals surface area contributed by atoms with Gasteiger partial charge in [-0.2, -0.15) is 8.78 Å². The number of rotatable bonds is 7. The number of carbonyl (C=O) groups is 1. The first-order valence-electron chi connectivity index (χ1n) is 6.28. The summed E-state index contributed by atoms with van der Waals surface area (Å²) >= 11 is 0. The number of hydrogen-bond donors (Lipinski definition) is 1. The lowest BCUT2D eigenvalue weighted by molar-refractivity contribution is -0.159. The van der Waals surface area contributed by atoms with Crippen LogP contribution in [0, 0.1) is 0 Å². The normalized spacial score (nSPS) is 24.7. The molecule has 0 aromatic rings. The minimum absolute atomic E-state index is 0.273. The molecule has 5 heteroatoms. The maximum Gasteiger partial charge on any atom is 0.377 e. The molecule has 3 nitrogen and oxygen atoms in total. The molecule has 100 valence electrons. The van der Waals surface area contributed by atoms with Crippen molar-refractivity contribution in [3.63, 3.8) is 0 Å². The second kappa shape index (κ2) is 6.28. The Morgan fingerprint density at radius 3 is 2.76 bits per heavy atom. The van der Waals surface area contributed by atoms with Gasteiger partial charge in [0.2, 0.25) is 0 Å². The number of carbonyl (C=O) groups excluding carboxylic acids is 1.